The van der Waals surface area contributed by atoms with Crippen molar-refractivity contribution >= 4 is 39.2 Å². The summed E-state index contributed by atoms with van der Waals surface area (Å²) in [5, 5.41) is 1.19. The quantitative estimate of drug-likeness (QED) is 0.553. The Balaban J connectivity index is 1.97. The first kappa shape index (κ1) is 11.6. The molecule has 1 aromatic heterocycles. The highest BCUT2D eigenvalue weighted by Gasteiger charge is 2.02. The average molecular weight is 348 g/mol. The number of rotatable bonds is 2. The summed E-state index contributed by atoms with van der Waals surface area (Å²) >= 11 is 2.32. The second kappa shape index (κ2) is 4.65. The fourth-order valence-electron chi connectivity index (χ4n) is 2.14. The molecule has 3 aromatic rings. The summed E-state index contributed by atoms with van der Waals surface area (Å²) in [6.07, 6.45) is 2.11. The van der Waals surface area contributed by atoms with E-state index in [2.05, 4.69) is 69.8 Å². The molecule has 0 saturated carbocycles. The van der Waals surface area contributed by atoms with Crippen LogP contribution in [0.2, 0.25) is 0 Å². The van der Waals surface area contributed by atoms with Crippen molar-refractivity contribution in [2.24, 2.45) is 0 Å². The van der Waals surface area contributed by atoms with Crippen molar-refractivity contribution in [1.82, 2.24) is 4.57 Å². The number of halogens is 1. The number of anilines is 1. The van der Waals surface area contributed by atoms with Gasteiger partial charge >= 0.3 is 0 Å². The molecule has 0 saturated heterocycles. The van der Waals surface area contributed by atoms with Crippen LogP contribution in [0.3, 0.4) is 0 Å². The third-order valence-corrected chi connectivity index (χ3v) is 3.78. The van der Waals surface area contributed by atoms with Gasteiger partial charge in [0, 0.05) is 32.9 Å². The van der Waals surface area contributed by atoms with E-state index in [4.69, 9.17) is 5.73 Å². The molecule has 0 aliphatic carbocycles. The summed E-state index contributed by atoms with van der Waals surface area (Å²) in [6.45, 7) is 0.893. The highest BCUT2D eigenvalue weighted by molar-refractivity contribution is 14.1. The zero-order chi connectivity index (χ0) is 12.5. The molecule has 0 fully saturated rings. The molecule has 0 bridgehead atoms. The first-order valence-corrected chi connectivity index (χ1v) is 6.89. The van der Waals surface area contributed by atoms with Gasteiger partial charge in [-0.05, 0) is 64.6 Å². The molecule has 1 heterocycles. The molecular weight excluding hydrogens is 335 g/mol. The van der Waals surface area contributed by atoms with Crippen molar-refractivity contribution in [1.29, 1.82) is 0 Å². The van der Waals surface area contributed by atoms with Crippen LogP contribution in [0.25, 0.3) is 10.9 Å². The Morgan fingerprint density at radius 3 is 2.56 bits per heavy atom. The SMILES string of the molecule is Nc1ccc2c(ccn2Cc2ccc(I)cc2)c1. The molecule has 0 atom stereocenters. The molecule has 0 spiro atoms. The van der Waals surface area contributed by atoms with Crippen molar-refractivity contribution in [2.45, 2.75) is 6.54 Å². The number of fused-ring (bicyclic) bond motifs is 1. The van der Waals surface area contributed by atoms with Gasteiger partial charge in [0.05, 0.1) is 0 Å². The lowest BCUT2D eigenvalue weighted by molar-refractivity contribution is 0.837. The maximum absolute atomic E-state index is 5.79. The van der Waals surface area contributed by atoms with Crippen molar-refractivity contribution in [2.75, 3.05) is 5.73 Å². The number of nitrogens with two attached hydrogens (primary N) is 1. The van der Waals surface area contributed by atoms with Crippen LogP contribution < -0.4 is 5.73 Å². The molecule has 0 amide bonds. The maximum Gasteiger partial charge on any atom is 0.0484 e. The molecule has 2 nitrogen and oxygen atoms in total. The number of benzene rings is 2. The summed E-state index contributed by atoms with van der Waals surface area (Å²) in [4.78, 5) is 0. The Morgan fingerprint density at radius 1 is 1.00 bits per heavy atom. The first-order chi connectivity index (χ1) is 8.72. The van der Waals surface area contributed by atoms with Crippen molar-refractivity contribution in [3.63, 3.8) is 0 Å². The zero-order valence-corrected chi connectivity index (χ0v) is 12.0. The van der Waals surface area contributed by atoms with Gasteiger partial charge in [-0.3, -0.25) is 0 Å². The summed E-state index contributed by atoms with van der Waals surface area (Å²) in [6, 6.07) is 16.8. The van der Waals surface area contributed by atoms with E-state index < -0.39 is 0 Å². The smallest absolute Gasteiger partial charge is 0.0484 e. The lowest BCUT2D eigenvalue weighted by Gasteiger charge is -2.06. The van der Waals surface area contributed by atoms with Crippen LogP contribution >= 0.6 is 22.6 Å². The zero-order valence-electron chi connectivity index (χ0n) is 9.81. The minimum Gasteiger partial charge on any atom is -0.399 e. The second-order valence-corrected chi connectivity index (χ2v) is 5.63. The van der Waals surface area contributed by atoms with Crippen molar-refractivity contribution in [3.05, 3.63) is 63.9 Å². The normalized spacial score (nSPS) is 10.9. The maximum atomic E-state index is 5.79. The van der Waals surface area contributed by atoms with Gasteiger partial charge in [0.2, 0.25) is 0 Å². The van der Waals surface area contributed by atoms with Gasteiger partial charge < -0.3 is 10.3 Å². The molecule has 2 N–H and O–H groups in total. The van der Waals surface area contributed by atoms with Crippen LogP contribution in [0.1, 0.15) is 5.56 Å². The number of nitrogen functional groups attached to an aromatic ring is 1. The molecule has 0 radical (unpaired) electrons. The number of nitrogens with zero attached hydrogens (tertiary/aromatic N) is 1. The van der Waals surface area contributed by atoms with E-state index in [0.717, 1.165) is 12.2 Å². The highest BCUT2D eigenvalue weighted by Crippen LogP contribution is 2.20. The Hall–Kier alpha value is -1.49. The Labute approximate surface area is 120 Å². The van der Waals surface area contributed by atoms with E-state index >= 15 is 0 Å². The van der Waals surface area contributed by atoms with Crippen LogP contribution in [0.4, 0.5) is 5.69 Å². The van der Waals surface area contributed by atoms with Crippen molar-refractivity contribution < 1.29 is 0 Å². The predicted octanol–water partition coefficient (Wildman–Crippen LogP) is 3.88. The van der Waals surface area contributed by atoms with E-state index in [0.29, 0.717) is 0 Å². The minimum atomic E-state index is 0.814. The van der Waals surface area contributed by atoms with E-state index in [1.165, 1.54) is 20.0 Å². The summed E-state index contributed by atoms with van der Waals surface area (Å²) in [5.74, 6) is 0. The van der Waals surface area contributed by atoms with Crippen LogP contribution in [0.15, 0.2) is 54.7 Å². The van der Waals surface area contributed by atoms with Gasteiger partial charge in [-0.15, -0.1) is 0 Å². The number of aromatic nitrogens is 1. The highest BCUT2D eigenvalue weighted by atomic mass is 127. The van der Waals surface area contributed by atoms with Gasteiger partial charge in [0.1, 0.15) is 0 Å². The van der Waals surface area contributed by atoms with Gasteiger partial charge in [-0.25, -0.2) is 0 Å². The van der Waals surface area contributed by atoms with Crippen LogP contribution in [-0.4, -0.2) is 4.57 Å². The van der Waals surface area contributed by atoms with E-state index in [1.807, 2.05) is 12.1 Å². The predicted molar refractivity (Wildman–Crippen MR) is 84.6 cm³/mol. The molecule has 0 unspecified atom stereocenters. The topological polar surface area (TPSA) is 30.9 Å². The third kappa shape index (κ3) is 2.22. The summed E-state index contributed by atoms with van der Waals surface area (Å²) in [7, 11) is 0. The molecule has 3 heteroatoms. The Kier molecular flexibility index (Phi) is 2.99. The molecular formula is C15H13IN2. The van der Waals surface area contributed by atoms with Crippen LogP contribution in [0.5, 0.6) is 0 Å². The average Bonchev–Trinajstić information content (AvgIpc) is 2.74. The minimum absolute atomic E-state index is 0.814. The molecule has 3 rings (SSSR count). The summed E-state index contributed by atoms with van der Waals surface area (Å²) < 4.78 is 3.51. The monoisotopic (exact) mass is 348 g/mol. The fourth-order valence-corrected chi connectivity index (χ4v) is 2.50. The number of hydrogen-bond acceptors (Lipinski definition) is 1. The molecule has 0 aliphatic heterocycles. The van der Waals surface area contributed by atoms with Gasteiger partial charge in [0.15, 0.2) is 0 Å². The lowest BCUT2D eigenvalue weighted by atomic mass is 10.2. The largest absolute Gasteiger partial charge is 0.399 e. The van der Waals surface area contributed by atoms with Crippen LogP contribution in [-0.2, 0) is 6.54 Å². The Morgan fingerprint density at radius 2 is 1.78 bits per heavy atom. The van der Waals surface area contributed by atoms with Crippen molar-refractivity contribution in [3.8, 4) is 0 Å². The molecule has 0 aliphatic rings. The van der Waals surface area contributed by atoms with E-state index in [-0.39, 0.29) is 0 Å². The molecule has 90 valence electrons. The fraction of sp³-hybridized carbons (Fsp3) is 0.0667. The standard InChI is InChI=1S/C15H13IN2/c16-13-3-1-11(2-4-13)10-18-8-7-12-9-14(17)5-6-15(12)18/h1-9H,10,17H2. The number of hydrogen-bond donors (Lipinski definition) is 1. The Bertz CT molecular complexity index is 683. The lowest BCUT2D eigenvalue weighted by Crippen LogP contribution is -1.97. The van der Waals surface area contributed by atoms with Gasteiger partial charge in [0.25, 0.3) is 0 Å². The summed E-state index contributed by atoms with van der Waals surface area (Å²) in [5.41, 5.74) is 9.14. The molecule has 18 heavy (non-hydrogen) atoms. The second-order valence-electron chi connectivity index (χ2n) is 4.39. The van der Waals surface area contributed by atoms with E-state index in [1.54, 1.807) is 0 Å². The third-order valence-electron chi connectivity index (χ3n) is 3.06. The molecule has 2 aromatic carbocycles. The van der Waals surface area contributed by atoms with Crippen LogP contribution in [0, 0.1) is 3.57 Å². The first-order valence-electron chi connectivity index (χ1n) is 5.81. The van der Waals surface area contributed by atoms with Gasteiger partial charge in [-0.1, -0.05) is 12.1 Å². The van der Waals surface area contributed by atoms with E-state index in [9.17, 15) is 0 Å². The van der Waals surface area contributed by atoms with Gasteiger partial charge in [-0.2, -0.15) is 0 Å².